The van der Waals surface area contributed by atoms with Gasteiger partial charge in [-0.25, -0.2) is 4.39 Å². The third-order valence-corrected chi connectivity index (χ3v) is 7.82. The second-order valence-electron chi connectivity index (χ2n) is 10.0. The van der Waals surface area contributed by atoms with Gasteiger partial charge in [0.15, 0.2) is 11.4 Å². The molecule has 3 aliphatic rings. The van der Waals surface area contributed by atoms with Gasteiger partial charge in [0, 0.05) is 35.6 Å². The van der Waals surface area contributed by atoms with E-state index in [1.54, 1.807) is 0 Å². The number of aromatic hydroxyl groups is 1. The largest absolute Gasteiger partial charge is 0.508 e. The molecule has 1 saturated carbocycles. The smallest absolute Gasteiger partial charge is 0.255 e. The molecule has 1 unspecified atom stereocenters. The first-order valence-corrected chi connectivity index (χ1v) is 12.3. The average Bonchev–Trinajstić information content (AvgIpc) is 2.87. The lowest BCUT2D eigenvalue weighted by atomic mass is 9.59. The molecule has 2 aromatic carbocycles. The van der Waals surface area contributed by atoms with Gasteiger partial charge < -0.3 is 31.5 Å². The molecule has 0 bridgehead atoms. The highest BCUT2D eigenvalue weighted by Gasteiger charge is 2.60. The summed E-state index contributed by atoms with van der Waals surface area (Å²) in [5, 5.41) is 46.7. The zero-order chi connectivity index (χ0) is 27.4. The number of ketones is 2. The lowest BCUT2D eigenvalue weighted by Gasteiger charge is -2.46. The molecular weight excluding hydrogens is 495 g/mol. The molecule has 0 aliphatic heterocycles. The van der Waals surface area contributed by atoms with Crippen molar-refractivity contribution in [3.8, 4) is 5.75 Å². The maximum atomic E-state index is 15.6. The van der Waals surface area contributed by atoms with E-state index in [9.17, 15) is 34.8 Å². The van der Waals surface area contributed by atoms with Crippen LogP contribution in [0.4, 0.5) is 4.39 Å². The van der Waals surface area contributed by atoms with Crippen molar-refractivity contribution in [2.24, 2.45) is 17.6 Å². The number of halogens is 1. The minimum atomic E-state index is -2.65. The van der Waals surface area contributed by atoms with Gasteiger partial charge in [-0.3, -0.25) is 14.4 Å². The Kier molecular flexibility index (Phi) is 6.32. The van der Waals surface area contributed by atoms with E-state index < -0.39 is 70.0 Å². The first-order valence-electron chi connectivity index (χ1n) is 12.3. The van der Waals surface area contributed by atoms with Crippen LogP contribution in [0.1, 0.15) is 35.1 Å². The number of aliphatic hydroxyl groups excluding tert-OH is 2. The normalized spacial score (nSPS) is 24.7. The summed E-state index contributed by atoms with van der Waals surface area (Å²) in [7, 11) is 0. The average molecular weight is 523 g/mol. The van der Waals surface area contributed by atoms with Crippen molar-refractivity contribution in [2.45, 2.75) is 37.8 Å². The van der Waals surface area contributed by atoms with Crippen LogP contribution < -0.4 is 11.1 Å². The molecule has 9 nitrogen and oxygen atoms in total. The molecule has 0 spiro atoms. The van der Waals surface area contributed by atoms with Crippen LogP contribution in [0, 0.1) is 17.7 Å². The number of benzene rings is 2. The van der Waals surface area contributed by atoms with E-state index in [1.807, 2.05) is 30.3 Å². The second kappa shape index (κ2) is 9.38. The standard InChI is InChI=1S/C28H27FN2O7/c29-23-15(12-31-7-6-13-4-2-1-3-5-13)10-18(32)21-17(23)9-14-8-16-11-19(33)22(27(30)37)26(36)28(16,38)25(35)20(14)24(21)34/h1-5,10,14,16,31-32,34,36,38H,6-9,11-12H2,(H2,30,37)/t14?,16-,28-/m0/s1. The maximum absolute atomic E-state index is 15.6. The molecule has 198 valence electrons. The van der Waals surface area contributed by atoms with Crippen LogP contribution in [0.3, 0.4) is 0 Å². The Morgan fingerprint density at radius 1 is 1.13 bits per heavy atom. The van der Waals surface area contributed by atoms with Crippen molar-refractivity contribution in [1.29, 1.82) is 0 Å². The molecule has 1 fully saturated rings. The van der Waals surface area contributed by atoms with Crippen molar-refractivity contribution in [3.05, 3.63) is 81.4 Å². The Balaban J connectivity index is 1.47. The quantitative estimate of drug-likeness (QED) is 0.247. The summed E-state index contributed by atoms with van der Waals surface area (Å²) in [5.74, 6) is -8.03. The van der Waals surface area contributed by atoms with Crippen LogP contribution in [0.2, 0.25) is 0 Å². The van der Waals surface area contributed by atoms with E-state index in [0.717, 1.165) is 12.0 Å². The highest BCUT2D eigenvalue weighted by Crippen LogP contribution is 2.52. The molecule has 5 rings (SSSR count). The Morgan fingerprint density at radius 3 is 2.53 bits per heavy atom. The van der Waals surface area contributed by atoms with Crippen molar-refractivity contribution in [1.82, 2.24) is 5.32 Å². The highest BCUT2D eigenvalue weighted by molar-refractivity contribution is 6.22. The van der Waals surface area contributed by atoms with E-state index in [1.165, 1.54) is 6.07 Å². The number of nitrogens with two attached hydrogens (primary N) is 1. The summed E-state index contributed by atoms with van der Waals surface area (Å²) in [4.78, 5) is 37.6. The van der Waals surface area contributed by atoms with Gasteiger partial charge in [0.05, 0.1) is 5.56 Å². The summed E-state index contributed by atoms with van der Waals surface area (Å²) in [6.45, 7) is 0.679. The molecule has 10 heteroatoms. The van der Waals surface area contributed by atoms with Gasteiger partial charge >= 0.3 is 0 Å². The number of hydrogen-bond acceptors (Lipinski definition) is 8. The molecule has 3 aliphatic carbocycles. The molecule has 0 aromatic heterocycles. The number of carbonyl (C=O) groups is 3. The molecule has 0 saturated heterocycles. The fourth-order valence-corrected chi connectivity index (χ4v) is 5.95. The van der Waals surface area contributed by atoms with Crippen LogP contribution in [0.5, 0.6) is 5.75 Å². The summed E-state index contributed by atoms with van der Waals surface area (Å²) < 4.78 is 15.6. The first kappa shape index (κ1) is 25.6. The zero-order valence-electron chi connectivity index (χ0n) is 20.3. The number of aliphatic hydroxyl groups is 3. The third-order valence-electron chi connectivity index (χ3n) is 7.82. The van der Waals surface area contributed by atoms with Crippen LogP contribution in [0.25, 0.3) is 5.76 Å². The summed E-state index contributed by atoms with van der Waals surface area (Å²) in [6, 6.07) is 10.9. The van der Waals surface area contributed by atoms with Crippen molar-refractivity contribution < 1.29 is 39.2 Å². The Bertz CT molecular complexity index is 1430. The Morgan fingerprint density at radius 2 is 1.84 bits per heavy atom. The van der Waals surface area contributed by atoms with Crippen molar-refractivity contribution in [3.63, 3.8) is 0 Å². The fraction of sp³-hybridized carbons (Fsp3) is 0.321. The van der Waals surface area contributed by atoms with Gasteiger partial charge in [-0.2, -0.15) is 0 Å². The Labute approximate surface area is 217 Å². The van der Waals surface area contributed by atoms with Crippen molar-refractivity contribution in [2.75, 3.05) is 6.54 Å². The number of phenols is 1. The highest BCUT2D eigenvalue weighted by atomic mass is 19.1. The molecule has 3 atom stereocenters. The van der Waals surface area contributed by atoms with Crippen LogP contribution >= 0.6 is 0 Å². The zero-order valence-corrected chi connectivity index (χ0v) is 20.3. The fourth-order valence-electron chi connectivity index (χ4n) is 5.95. The number of primary amides is 1. The lowest BCUT2D eigenvalue weighted by molar-refractivity contribution is -0.147. The monoisotopic (exact) mass is 522 g/mol. The van der Waals surface area contributed by atoms with Gasteiger partial charge in [-0.1, -0.05) is 30.3 Å². The van der Waals surface area contributed by atoms with E-state index in [0.29, 0.717) is 6.54 Å². The third kappa shape index (κ3) is 3.88. The molecule has 38 heavy (non-hydrogen) atoms. The summed E-state index contributed by atoms with van der Waals surface area (Å²) in [5.41, 5.74) is 2.43. The number of phenolic OH excluding ortho intramolecular Hbond substituents is 1. The first-order chi connectivity index (χ1) is 18.1. The molecular formula is C28H27FN2O7. The predicted molar refractivity (Wildman–Crippen MR) is 133 cm³/mol. The van der Waals surface area contributed by atoms with E-state index in [4.69, 9.17) is 5.73 Å². The number of amides is 1. The molecule has 0 heterocycles. The van der Waals surface area contributed by atoms with Gasteiger partial charge in [0.2, 0.25) is 5.78 Å². The molecule has 7 N–H and O–H groups in total. The van der Waals surface area contributed by atoms with Crippen LogP contribution in [-0.4, -0.2) is 50.0 Å². The van der Waals surface area contributed by atoms with Crippen LogP contribution in [-0.2, 0) is 33.8 Å². The minimum Gasteiger partial charge on any atom is -0.508 e. The van der Waals surface area contributed by atoms with Gasteiger partial charge in [-0.15, -0.1) is 0 Å². The van der Waals surface area contributed by atoms with Crippen LogP contribution in [0.15, 0.2) is 53.3 Å². The second-order valence-corrected chi connectivity index (χ2v) is 10.0. The molecule has 0 radical (unpaired) electrons. The Hall–Kier alpha value is -4.02. The van der Waals surface area contributed by atoms with Gasteiger partial charge in [-0.05, 0) is 43.4 Å². The van der Waals surface area contributed by atoms with E-state index in [-0.39, 0.29) is 41.6 Å². The number of rotatable bonds is 6. The minimum absolute atomic E-state index is 0.0223. The van der Waals surface area contributed by atoms with Gasteiger partial charge in [0.1, 0.15) is 28.7 Å². The summed E-state index contributed by atoms with van der Waals surface area (Å²) >= 11 is 0. The number of nitrogens with one attached hydrogen (secondary N) is 1. The maximum Gasteiger partial charge on any atom is 0.255 e. The van der Waals surface area contributed by atoms with Gasteiger partial charge in [0.25, 0.3) is 5.91 Å². The van der Waals surface area contributed by atoms with E-state index in [2.05, 4.69) is 5.32 Å². The predicted octanol–water partition coefficient (Wildman–Crippen LogP) is 1.90. The topological polar surface area (TPSA) is 170 Å². The van der Waals surface area contributed by atoms with E-state index >= 15 is 4.39 Å². The number of fused-ring (bicyclic) bond motifs is 3. The SMILES string of the molecule is NC(=O)C1=C(O)[C@@]2(O)C(=O)C3=C(O)c4c(O)cc(CNCCc5ccccc5)c(F)c4CC3C[C@H]2CC1=O. The number of hydrogen-bond donors (Lipinski definition) is 6. The molecule has 1 amide bonds. The number of Topliss-reactive ketones (excluding diaryl/α,β-unsaturated/α-hetero) is 2. The molecule has 2 aromatic rings. The lowest BCUT2D eigenvalue weighted by Crippen LogP contribution is -2.58. The summed E-state index contributed by atoms with van der Waals surface area (Å²) in [6.07, 6.45) is 0.160. The number of carbonyl (C=O) groups excluding carboxylic acids is 3. The van der Waals surface area contributed by atoms with Crippen molar-refractivity contribution >= 4 is 23.2 Å².